The number of carbonyl (C=O) groups is 1. The predicted molar refractivity (Wildman–Crippen MR) is 140 cm³/mol. The third kappa shape index (κ3) is 4.37. The van der Waals surface area contributed by atoms with Gasteiger partial charge in [0.05, 0.1) is 41.9 Å². The number of aromatic nitrogens is 2. The fourth-order valence-corrected chi connectivity index (χ4v) is 5.63. The van der Waals surface area contributed by atoms with Gasteiger partial charge in [0.15, 0.2) is 0 Å². The number of fused-ring (bicyclic) bond motifs is 2. The zero-order valence-corrected chi connectivity index (χ0v) is 22.3. The minimum atomic E-state index is -0.516. The fourth-order valence-electron chi connectivity index (χ4n) is 4.91. The van der Waals surface area contributed by atoms with Crippen molar-refractivity contribution in [3.05, 3.63) is 40.5 Å². The molecule has 1 saturated carbocycles. The molecule has 2 bridgehead atoms. The number of nitrogens with zero attached hydrogens (tertiary/aromatic N) is 3. The van der Waals surface area contributed by atoms with Gasteiger partial charge in [0, 0.05) is 35.7 Å². The lowest BCUT2D eigenvalue weighted by atomic mass is 9.80. The zero-order valence-electron chi connectivity index (χ0n) is 20.8. The summed E-state index contributed by atoms with van der Waals surface area (Å²) in [6, 6.07) is 7.59. The average molecular weight is 531 g/mol. The number of benzene rings is 2. The topological polar surface area (TPSA) is 85.8 Å². The molecule has 1 N–H and O–H groups in total. The fraction of sp³-hybridized carbons (Fsp3) is 0.423. The monoisotopic (exact) mass is 530 g/mol. The summed E-state index contributed by atoms with van der Waals surface area (Å²) in [6.07, 6.45) is 2.46. The Labute approximate surface area is 219 Å². The summed E-state index contributed by atoms with van der Waals surface area (Å²) in [5.41, 5.74) is 1.67. The van der Waals surface area contributed by atoms with Gasteiger partial charge in [-0.15, -0.1) is 0 Å². The molecule has 36 heavy (non-hydrogen) atoms. The van der Waals surface area contributed by atoms with Gasteiger partial charge in [-0.3, -0.25) is 0 Å². The first kappa shape index (κ1) is 24.7. The average Bonchev–Trinajstić information content (AvgIpc) is 3.42. The van der Waals surface area contributed by atoms with E-state index in [2.05, 4.69) is 10.3 Å². The number of hydrogen-bond donors (Lipinski definition) is 1. The molecule has 1 aromatic heterocycles. The highest BCUT2D eigenvalue weighted by molar-refractivity contribution is 6.41. The van der Waals surface area contributed by atoms with Crippen LogP contribution in [0.15, 0.2) is 30.5 Å². The summed E-state index contributed by atoms with van der Waals surface area (Å²) >= 11 is 13.2. The standard InChI is InChI=1S/C26H28Cl2N4O4/c1-26(2,3)36-25(33)32-12-15-9-17(32)23(15)31-24-29-11-14-8-13(6-7-16(14)30-24)20-21(27)18(34-4)10-19(35-5)22(20)28/h6-8,10-11,15,17,23H,9,12H2,1-5H3,(H,29,30,31). The molecular formula is C26H28Cl2N4O4. The van der Waals surface area contributed by atoms with Gasteiger partial charge < -0.3 is 24.4 Å². The number of anilines is 1. The summed E-state index contributed by atoms with van der Waals surface area (Å²) < 4.78 is 16.3. The molecule has 3 aliphatic rings. The lowest BCUT2D eigenvalue weighted by Gasteiger charge is -2.37. The van der Waals surface area contributed by atoms with Crippen molar-refractivity contribution in [1.82, 2.24) is 14.9 Å². The summed E-state index contributed by atoms with van der Waals surface area (Å²) in [5, 5.41) is 5.06. The summed E-state index contributed by atoms with van der Waals surface area (Å²) in [7, 11) is 3.09. The Hall–Kier alpha value is -2.97. The number of rotatable bonds is 5. The SMILES string of the molecule is COc1cc(OC)c(Cl)c(-c2ccc3nc(NC4C5CC4N(C(=O)OC(C)(C)C)C5)ncc3c2)c1Cl. The van der Waals surface area contributed by atoms with Gasteiger partial charge >= 0.3 is 6.09 Å². The number of carbonyl (C=O) groups excluding carboxylic acids is 1. The molecule has 10 heteroatoms. The minimum absolute atomic E-state index is 0.0823. The van der Waals surface area contributed by atoms with E-state index in [4.69, 9.17) is 42.4 Å². The van der Waals surface area contributed by atoms with Gasteiger partial charge in [0.1, 0.15) is 17.1 Å². The van der Waals surface area contributed by atoms with E-state index in [-0.39, 0.29) is 18.2 Å². The molecular weight excluding hydrogens is 503 g/mol. The van der Waals surface area contributed by atoms with Crippen LogP contribution < -0.4 is 14.8 Å². The van der Waals surface area contributed by atoms with Crippen LogP contribution in [0, 0.1) is 5.92 Å². The summed E-state index contributed by atoms with van der Waals surface area (Å²) in [4.78, 5) is 23.6. The Morgan fingerprint density at radius 1 is 1.11 bits per heavy atom. The lowest BCUT2D eigenvalue weighted by Crippen LogP contribution is -2.50. The molecule has 2 saturated heterocycles. The van der Waals surface area contributed by atoms with E-state index in [9.17, 15) is 4.79 Å². The van der Waals surface area contributed by atoms with E-state index >= 15 is 0 Å². The van der Waals surface area contributed by atoms with Crippen molar-refractivity contribution < 1.29 is 19.0 Å². The van der Waals surface area contributed by atoms with Crippen LogP contribution >= 0.6 is 23.2 Å². The molecule has 190 valence electrons. The third-order valence-corrected chi connectivity index (χ3v) is 7.41. The first-order chi connectivity index (χ1) is 17.1. The first-order valence-corrected chi connectivity index (χ1v) is 12.5. The highest BCUT2D eigenvalue weighted by Gasteiger charge is 2.55. The van der Waals surface area contributed by atoms with Gasteiger partial charge in [-0.05, 0) is 44.9 Å². The van der Waals surface area contributed by atoms with Crippen LogP contribution in [-0.4, -0.2) is 59.4 Å². The molecule has 3 atom stereocenters. The highest BCUT2D eigenvalue weighted by atomic mass is 35.5. The Bertz CT molecular complexity index is 1320. The Morgan fingerprint density at radius 2 is 1.81 bits per heavy atom. The van der Waals surface area contributed by atoms with E-state index in [1.54, 1.807) is 26.5 Å². The molecule has 3 heterocycles. The van der Waals surface area contributed by atoms with E-state index in [1.807, 2.05) is 43.9 Å². The summed E-state index contributed by atoms with van der Waals surface area (Å²) in [5.74, 6) is 1.83. The molecule has 3 fully saturated rings. The Balaban J connectivity index is 1.37. The van der Waals surface area contributed by atoms with Crippen molar-refractivity contribution in [3.63, 3.8) is 0 Å². The Kier molecular flexibility index (Phi) is 6.29. The second kappa shape index (κ2) is 9.16. The van der Waals surface area contributed by atoms with Gasteiger partial charge in [-0.2, -0.15) is 0 Å². The van der Waals surface area contributed by atoms with E-state index in [0.717, 1.165) is 22.9 Å². The van der Waals surface area contributed by atoms with Gasteiger partial charge in [0.25, 0.3) is 0 Å². The highest BCUT2D eigenvalue weighted by Crippen LogP contribution is 2.46. The van der Waals surface area contributed by atoms with Crippen molar-refractivity contribution in [1.29, 1.82) is 0 Å². The van der Waals surface area contributed by atoms with Crippen molar-refractivity contribution in [2.24, 2.45) is 5.92 Å². The van der Waals surface area contributed by atoms with Gasteiger partial charge in [0.2, 0.25) is 5.95 Å². The number of amides is 1. The minimum Gasteiger partial charge on any atom is -0.495 e. The number of methoxy groups -OCH3 is 2. The van der Waals surface area contributed by atoms with Crippen molar-refractivity contribution >= 4 is 46.1 Å². The molecule has 1 amide bonds. The second-order valence-electron chi connectivity index (χ2n) is 10.1. The van der Waals surface area contributed by atoms with Crippen molar-refractivity contribution in [3.8, 4) is 22.6 Å². The molecule has 8 nitrogen and oxygen atoms in total. The van der Waals surface area contributed by atoms with Crippen LogP contribution in [0.4, 0.5) is 10.7 Å². The normalized spacial score (nSPS) is 20.8. The number of ether oxygens (including phenoxy) is 3. The molecule has 2 aromatic carbocycles. The first-order valence-electron chi connectivity index (χ1n) is 11.7. The zero-order chi connectivity index (χ0) is 25.8. The van der Waals surface area contributed by atoms with Crippen LogP contribution in [0.25, 0.3) is 22.0 Å². The van der Waals surface area contributed by atoms with Crippen LogP contribution in [0.2, 0.25) is 10.0 Å². The van der Waals surface area contributed by atoms with E-state index in [0.29, 0.717) is 45.5 Å². The maximum atomic E-state index is 12.6. The molecule has 3 unspecified atom stereocenters. The van der Waals surface area contributed by atoms with Crippen molar-refractivity contribution in [2.75, 3.05) is 26.1 Å². The maximum Gasteiger partial charge on any atom is 0.410 e. The maximum absolute atomic E-state index is 12.6. The molecule has 6 rings (SSSR count). The largest absolute Gasteiger partial charge is 0.495 e. The van der Waals surface area contributed by atoms with E-state index < -0.39 is 5.60 Å². The molecule has 0 radical (unpaired) electrons. The Morgan fingerprint density at radius 3 is 2.44 bits per heavy atom. The smallest absolute Gasteiger partial charge is 0.410 e. The number of nitrogens with one attached hydrogen (secondary N) is 1. The molecule has 3 aromatic rings. The summed E-state index contributed by atoms with van der Waals surface area (Å²) in [6.45, 7) is 6.31. The van der Waals surface area contributed by atoms with Crippen LogP contribution in [0.5, 0.6) is 11.5 Å². The van der Waals surface area contributed by atoms with E-state index in [1.165, 1.54) is 0 Å². The van der Waals surface area contributed by atoms with Gasteiger partial charge in [-0.25, -0.2) is 14.8 Å². The molecule has 2 aliphatic heterocycles. The third-order valence-electron chi connectivity index (χ3n) is 6.66. The van der Waals surface area contributed by atoms with Crippen LogP contribution in [-0.2, 0) is 4.74 Å². The van der Waals surface area contributed by atoms with Gasteiger partial charge in [-0.1, -0.05) is 29.3 Å². The lowest BCUT2D eigenvalue weighted by molar-refractivity contribution is 0.0239. The predicted octanol–water partition coefficient (Wildman–Crippen LogP) is 6.04. The molecule has 1 aliphatic carbocycles. The number of hydrogen-bond acceptors (Lipinski definition) is 7. The molecule has 0 spiro atoms. The van der Waals surface area contributed by atoms with Crippen molar-refractivity contribution in [2.45, 2.75) is 44.9 Å². The quantitative estimate of drug-likeness (QED) is 0.430. The second-order valence-corrected chi connectivity index (χ2v) is 10.9. The number of halogens is 2. The van der Waals surface area contributed by atoms with Crippen LogP contribution in [0.1, 0.15) is 27.2 Å². The van der Waals surface area contributed by atoms with Crippen LogP contribution in [0.3, 0.4) is 0 Å².